The molecule has 1 heterocycles. The molecule has 1 fully saturated rings. The lowest BCUT2D eigenvalue weighted by Gasteiger charge is -2.39. The molecule has 154 valence electrons. The Labute approximate surface area is 185 Å². The summed E-state index contributed by atoms with van der Waals surface area (Å²) in [5.41, 5.74) is 9.23. The number of nitrogens with zero attached hydrogens (tertiary/aromatic N) is 1. The first-order valence-electron chi connectivity index (χ1n) is 10.9. The number of rotatable bonds is 1. The van der Waals surface area contributed by atoms with Crippen molar-refractivity contribution in [1.29, 1.82) is 0 Å². The third-order valence-corrected chi connectivity index (χ3v) is 7.75. The normalized spacial score (nSPS) is 19.7. The molecule has 0 aliphatic heterocycles. The van der Waals surface area contributed by atoms with Crippen LogP contribution in [-0.2, 0) is 0 Å². The topological polar surface area (TPSA) is 20.1 Å². The van der Waals surface area contributed by atoms with E-state index in [2.05, 4.69) is 15.9 Å². The van der Waals surface area contributed by atoms with Gasteiger partial charge in [0.05, 0.1) is 17.1 Å². The number of hydrogen-bond donors (Lipinski definition) is 1. The van der Waals surface area contributed by atoms with Gasteiger partial charge in [0, 0.05) is 16.3 Å². The van der Waals surface area contributed by atoms with E-state index < -0.39 is 0 Å². The minimum absolute atomic E-state index is 0.213. The lowest BCUT2D eigenvalue weighted by Crippen LogP contribution is -2.21. The molecule has 31 heavy (non-hydrogen) atoms. The summed E-state index contributed by atoms with van der Waals surface area (Å²) < 4.78 is 13.9. The molecule has 0 amide bonds. The number of fused-ring (bicyclic) bond motifs is 5. The van der Waals surface area contributed by atoms with E-state index in [1.165, 1.54) is 42.2 Å². The molecule has 2 bridgehead atoms. The fraction of sp³-hybridized carbons (Fsp3) is 0.296. The van der Waals surface area contributed by atoms with Gasteiger partial charge in [-0.25, -0.2) is 9.24 Å². The third-order valence-electron chi connectivity index (χ3n) is 7.46. The Morgan fingerprint density at radius 1 is 0.968 bits per heavy atom. The Morgan fingerprint density at radius 3 is 2.26 bits per heavy atom. The maximum atomic E-state index is 13.9. The average molecular weight is 429 g/mol. The van der Waals surface area contributed by atoms with Crippen LogP contribution in [0.3, 0.4) is 0 Å². The molecular formula is C27H22ClFN2. The van der Waals surface area contributed by atoms with Crippen molar-refractivity contribution < 1.29 is 4.39 Å². The molecule has 4 aromatic rings. The van der Waals surface area contributed by atoms with Gasteiger partial charge in [0.25, 0.3) is 0 Å². The van der Waals surface area contributed by atoms with Crippen LogP contribution < -0.4 is 0 Å². The Balaban J connectivity index is 1.73. The molecule has 3 aliphatic rings. The highest BCUT2D eigenvalue weighted by molar-refractivity contribution is 6.37. The first kappa shape index (κ1) is 18.9. The fourth-order valence-electron chi connectivity index (χ4n) is 6.29. The summed E-state index contributed by atoms with van der Waals surface area (Å²) in [6.45, 7) is 11.7. The van der Waals surface area contributed by atoms with Crippen LogP contribution in [0.4, 0.5) is 10.1 Å². The van der Waals surface area contributed by atoms with Crippen molar-refractivity contribution >= 4 is 39.1 Å². The number of aromatic amines is 1. The summed E-state index contributed by atoms with van der Waals surface area (Å²) in [6, 6.07) is 9.36. The summed E-state index contributed by atoms with van der Waals surface area (Å²) in [7, 11) is 0. The van der Waals surface area contributed by atoms with Gasteiger partial charge in [-0.1, -0.05) is 11.6 Å². The zero-order valence-corrected chi connectivity index (χ0v) is 18.3. The quantitative estimate of drug-likeness (QED) is 0.292. The molecule has 3 aliphatic carbocycles. The second kappa shape index (κ2) is 6.58. The molecule has 0 atom stereocenters. The highest BCUT2D eigenvalue weighted by Crippen LogP contribution is 2.56. The van der Waals surface area contributed by atoms with Crippen molar-refractivity contribution in [3.8, 4) is 11.1 Å². The van der Waals surface area contributed by atoms with Gasteiger partial charge in [-0.3, -0.25) is 0 Å². The zero-order chi connectivity index (χ0) is 21.4. The number of halogens is 2. The highest BCUT2D eigenvalue weighted by Gasteiger charge is 2.36. The number of aryl methyl sites for hydroxylation is 2. The lowest BCUT2D eigenvalue weighted by molar-refractivity contribution is 0.362. The van der Waals surface area contributed by atoms with Gasteiger partial charge in [-0.05, 0) is 115 Å². The van der Waals surface area contributed by atoms with Crippen molar-refractivity contribution in [2.75, 3.05) is 0 Å². The maximum absolute atomic E-state index is 13.9. The predicted octanol–water partition coefficient (Wildman–Crippen LogP) is 8.70. The van der Waals surface area contributed by atoms with Crippen LogP contribution in [0.15, 0.2) is 30.3 Å². The van der Waals surface area contributed by atoms with Crippen molar-refractivity contribution in [1.82, 2.24) is 4.98 Å². The van der Waals surface area contributed by atoms with Gasteiger partial charge in [-0.15, -0.1) is 0 Å². The Hall–Kier alpha value is -2.83. The molecule has 0 spiro atoms. The van der Waals surface area contributed by atoms with Gasteiger partial charge in [0.2, 0.25) is 0 Å². The molecule has 3 aromatic carbocycles. The van der Waals surface area contributed by atoms with E-state index in [4.69, 9.17) is 18.2 Å². The molecule has 1 N–H and O–H groups in total. The van der Waals surface area contributed by atoms with Crippen molar-refractivity contribution in [3.63, 3.8) is 0 Å². The molecule has 1 saturated carbocycles. The van der Waals surface area contributed by atoms with Crippen molar-refractivity contribution in [2.45, 2.75) is 51.4 Å². The van der Waals surface area contributed by atoms with E-state index in [-0.39, 0.29) is 5.82 Å². The fourth-order valence-corrected chi connectivity index (χ4v) is 6.55. The molecule has 1 aromatic heterocycles. The molecule has 0 unspecified atom stereocenters. The van der Waals surface area contributed by atoms with E-state index >= 15 is 0 Å². The van der Waals surface area contributed by atoms with Crippen molar-refractivity contribution in [3.05, 3.63) is 74.8 Å². The summed E-state index contributed by atoms with van der Waals surface area (Å²) in [5, 5.41) is 3.00. The minimum atomic E-state index is -0.213. The Kier molecular flexibility index (Phi) is 4.01. The number of nitrogens with one attached hydrogen (secondary N) is 1. The second-order valence-electron chi connectivity index (χ2n) is 9.23. The predicted molar refractivity (Wildman–Crippen MR) is 126 cm³/mol. The van der Waals surface area contributed by atoms with Crippen LogP contribution in [0.1, 0.15) is 59.8 Å². The van der Waals surface area contributed by atoms with Crippen molar-refractivity contribution in [2.24, 2.45) is 0 Å². The van der Waals surface area contributed by atoms with Gasteiger partial charge < -0.3 is 4.98 Å². The van der Waals surface area contributed by atoms with E-state index in [9.17, 15) is 4.39 Å². The minimum Gasteiger partial charge on any atom is -0.354 e. The Morgan fingerprint density at radius 2 is 1.61 bits per heavy atom. The van der Waals surface area contributed by atoms with Crippen LogP contribution in [0.5, 0.6) is 0 Å². The van der Waals surface area contributed by atoms with Crippen LogP contribution in [0.2, 0.25) is 5.02 Å². The SMILES string of the molecule is [C-]#[N+]c1cc2[nH]c3c(Cl)cc(-c4c(C)cc(F)cc4C)cc3c2c2c1C1CCC2CC1. The number of hydrogen-bond acceptors (Lipinski definition) is 0. The van der Waals surface area contributed by atoms with E-state index in [1.807, 2.05) is 26.0 Å². The molecule has 0 saturated heterocycles. The van der Waals surface area contributed by atoms with Gasteiger partial charge in [0.15, 0.2) is 5.69 Å². The monoisotopic (exact) mass is 428 g/mol. The number of H-pyrrole nitrogens is 1. The van der Waals surface area contributed by atoms with Crippen LogP contribution in [0, 0.1) is 26.2 Å². The van der Waals surface area contributed by atoms with Crippen LogP contribution in [0.25, 0.3) is 37.8 Å². The van der Waals surface area contributed by atoms with E-state index in [0.29, 0.717) is 16.9 Å². The number of aromatic nitrogens is 1. The van der Waals surface area contributed by atoms with Crippen LogP contribution >= 0.6 is 11.6 Å². The molecule has 7 rings (SSSR count). The smallest absolute Gasteiger partial charge is 0.193 e. The average Bonchev–Trinajstić information content (AvgIpc) is 3.12. The maximum Gasteiger partial charge on any atom is 0.193 e. The second-order valence-corrected chi connectivity index (χ2v) is 9.63. The molecule has 2 nitrogen and oxygen atoms in total. The summed E-state index contributed by atoms with van der Waals surface area (Å²) in [5.74, 6) is 0.799. The van der Waals surface area contributed by atoms with Gasteiger partial charge in [-0.2, -0.15) is 0 Å². The third kappa shape index (κ3) is 2.61. The van der Waals surface area contributed by atoms with Gasteiger partial charge in [0.1, 0.15) is 5.82 Å². The first-order valence-corrected chi connectivity index (χ1v) is 11.3. The van der Waals surface area contributed by atoms with Gasteiger partial charge >= 0.3 is 0 Å². The highest BCUT2D eigenvalue weighted by atomic mass is 35.5. The van der Waals surface area contributed by atoms with E-state index in [1.54, 1.807) is 12.1 Å². The largest absolute Gasteiger partial charge is 0.354 e. The number of benzene rings is 3. The first-order chi connectivity index (χ1) is 15.0. The van der Waals surface area contributed by atoms with E-state index in [0.717, 1.165) is 44.4 Å². The molecule has 4 heteroatoms. The molecule has 0 radical (unpaired) electrons. The summed E-state index contributed by atoms with van der Waals surface area (Å²) in [4.78, 5) is 7.42. The Bertz CT molecular complexity index is 1430. The van der Waals surface area contributed by atoms with Crippen LogP contribution in [-0.4, -0.2) is 4.98 Å². The zero-order valence-electron chi connectivity index (χ0n) is 17.6. The summed E-state index contributed by atoms with van der Waals surface area (Å²) >= 11 is 6.79. The lowest BCUT2D eigenvalue weighted by atomic mass is 9.65. The standard InChI is InChI=1S/C27H22ClFN2/c1-13-8-18(29)9-14(2)23(13)17-10-19-26-22(31-27(19)20(28)11-17)12-21(30-3)24-15-4-6-16(7-5-15)25(24)26/h8-12,15-16,31H,4-7H2,1-2H3. The molecular weight excluding hydrogens is 407 g/mol. The summed E-state index contributed by atoms with van der Waals surface area (Å²) in [6.07, 6.45) is 4.77.